The molecule has 0 saturated carbocycles. The van der Waals surface area contributed by atoms with Gasteiger partial charge in [-0.2, -0.15) is 0 Å². The maximum atomic E-state index is 12.0. The second-order valence-electron chi connectivity index (χ2n) is 5.87. The van der Waals surface area contributed by atoms with Crippen molar-refractivity contribution in [1.82, 2.24) is 0 Å². The van der Waals surface area contributed by atoms with E-state index in [1.165, 1.54) is 9.79 Å². The molecule has 0 unspecified atom stereocenters. The fourth-order valence-electron chi connectivity index (χ4n) is 2.79. The summed E-state index contributed by atoms with van der Waals surface area (Å²) >= 11 is 3.38. The van der Waals surface area contributed by atoms with Crippen LogP contribution in [0.3, 0.4) is 0 Å². The molecule has 0 bridgehead atoms. The van der Waals surface area contributed by atoms with Crippen molar-refractivity contribution in [3.8, 4) is 11.5 Å². The molecule has 0 fully saturated rings. The number of ether oxygens (including phenoxy) is 1. The van der Waals surface area contributed by atoms with Gasteiger partial charge in [0.05, 0.1) is 9.79 Å². The van der Waals surface area contributed by atoms with E-state index in [0.29, 0.717) is 5.56 Å². The van der Waals surface area contributed by atoms with Crippen molar-refractivity contribution in [3.63, 3.8) is 0 Å². The highest BCUT2D eigenvalue weighted by atomic mass is 32.2. The molecule has 0 N–H and O–H groups in total. The van der Waals surface area contributed by atoms with Crippen LogP contribution in [0.1, 0.15) is 22.8 Å². The first-order chi connectivity index (χ1) is 12.1. The minimum Gasteiger partial charge on any atom is -0.455 e. The van der Waals surface area contributed by atoms with Gasteiger partial charge in [-0.1, -0.05) is 47.8 Å². The average molecular weight is 364 g/mol. The summed E-state index contributed by atoms with van der Waals surface area (Å²) in [6, 6.07) is 20.3. The van der Waals surface area contributed by atoms with Crippen LogP contribution < -0.4 is 4.74 Å². The zero-order chi connectivity index (χ0) is 17.4. The van der Waals surface area contributed by atoms with Gasteiger partial charge in [-0.15, -0.1) is 0 Å². The number of aryl methyl sites for hydroxylation is 1. The van der Waals surface area contributed by atoms with Crippen LogP contribution in [-0.2, 0) is 0 Å². The Balaban J connectivity index is 1.95. The Labute approximate surface area is 155 Å². The molecule has 0 saturated heterocycles. The van der Waals surface area contributed by atoms with Gasteiger partial charge in [0.1, 0.15) is 11.5 Å². The highest BCUT2D eigenvalue weighted by Crippen LogP contribution is 2.48. The molecule has 25 heavy (non-hydrogen) atoms. The lowest BCUT2D eigenvalue weighted by Crippen LogP contribution is -1.98. The smallest absolute Gasteiger partial charge is 0.160 e. The molecule has 0 amide bonds. The number of rotatable bonds is 1. The van der Waals surface area contributed by atoms with Crippen molar-refractivity contribution < 1.29 is 9.53 Å². The molecule has 3 aromatic carbocycles. The van der Waals surface area contributed by atoms with E-state index in [1.807, 2.05) is 43.3 Å². The highest BCUT2D eigenvalue weighted by molar-refractivity contribution is 8.02. The first-order valence-corrected chi connectivity index (χ1v) is 9.62. The number of Topliss-reactive ketones (excluding diaryl/α,β-unsaturated/α-hetero) is 1. The summed E-state index contributed by atoms with van der Waals surface area (Å²) < 4.78 is 6.25. The van der Waals surface area contributed by atoms with E-state index in [9.17, 15) is 4.79 Å². The summed E-state index contributed by atoms with van der Waals surface area (Å²) in [4.78, 5) is 16.4. The fourth-order valence-corrected chi connectivity index (χ4v) is 4.94. The zero-order valence-corrected chi connectivity index (χ0v) is 15.5. The third kappa shape index (κ3) is 3.20. The number of carbonyl (C=O) groups is 1. The maximum absolute atomic E-state index is 12.0. The lowest BCUT2D eigenvalue weighted by molar-refractivity contribution is 0.101. The summed E-state index contributed by atoms with van der Waals surface area (Å²) in [5.74, 6) is 1.59. The molecule has 1 aliphatic rings. The molecule has 3 aromatic rings. The molecule has 4 heteroatoms. The average Bonchev–Trinajstić information content (AvgIpc) is 2.65. The molecule has 0 radical (unpaired) electrons. The lowest BCUT2D eigenvalue weighted by Gasteiger charge is -2.14. The second kappa shape index (κ2) is 6.62. The van der Waals surface area contributed by atoms with Crippen molar-refractivity contribution in [2.75, 3.05) is 0 Å². The van der Waals surface area contributed by atoms with E-state index in [2.05, 4.69) is 24.3 Å². The molecular weight excluding hydrogens is 348 g/mol. The molecule has 0 spiro atoms. The summed E-state index contributed by atoms with van der Waals surface area (Å²) in [7, 11) is 0. The Morgan fingerprint density at radius 1 is 0.800 bits per heavy atom. The van der Waals surface area contributed by atoms with Crippen LogP contribution in [0.5, 0.6) is 11.5 Å². The third-order valence-electron chi connectivity index (χ3n) is 4.03. The third-order valence-corrected chi connectivity index (χ3v) is 6.41. The van der Waals surface area contributed by atoms with Gasteiger partial charge in [0.15, 0.2) is 5.78 Å². The molecule has 0 atom stereocenters. The predicted octanol–water partition coefficient (Wildman–Crippen LogP) is 6.61. The van der Waals surface area contributed by atoms with Crippen LogP contribution in [0.15, 0.2) is 80.2 Å². The monoisotopic (exact) mass is 364 g/mol. The molecule has 4 rings (SSSR count). The molecule has 2 nitrogen and oxygen atoms in total. The van der Waals surface area contributed by atoms with E-state index < -0.39 is 0 Å². The largest absolute Gasteiger partial charge is 0.455 e. The van der Waals surface area contributed by atoms with Crippen molar-refractivity contribution >= 4 is 29.3 Å². The van der Waals surface area contributed by atoms with Crippen LogP contribution in [0.2, 0.25) is 0 Å². The number of para-hydroxylation sites is 1. The van der Waals surface area contributed by atoms with E-state index in [1.54, 1.807) is 30.4 Å². The SMILES string of the molecule is CC(=O)c1cc2c(cc1C)Sc1ccccc1Sc1ccccc1O2. The standard InChI is InChI=1S/C21H16O2S2/c1-13-11-21-17(12-15(13)14(2)22)23-16-7-3-4-8-18(16)24-19-9-5-6-10-20(19)25-21/h3-12H,1-2H3. The summed E-state index contributed by atoms with van der Waals surface area (Å²) in [5, 5.41) is 0. The Kier molecular flexibility index (Phi) is 4.32. The highest BCUT2D eigenvalue weighted by Gasteiger charge is 2.19. The Hall–Kier alpha value is -2.17. The Morgan fingerprint density at radius 2 is 1.40 bits per heavy atom. The molecule has 1 heterocycles. The first-order valence-electron chi connectivity index (χ1n) is 7.99. The van der Waals surface area contributed by atoms with Crippen LogP contribution in [0.25, 0.3) is 0 Å². The quantitative estimate of drug-likeness (QED) is 0.355. The fraction of sp³-hybridized carbons (Fsp3) is 0.0952. The van der Waals surface area contributed by atoms with Gasteiger partial charge in [-0.3, -0.25) is 4.79 Å². The van der Waals surface area contributed by atoms with E-state index in [-0.39, 0.29) is 5.78 Å². The number of carbonyl (C=O) groups excluding carboxylic acids is 1. The van der Waals surface area contributed by atoms with Gasteiger partial charge in [-0.05, 0) is 55.8 Å². The van der Waals surface area contributed by atoms with E-state index in [0.717, 1.165) is 26.9 Å². The Bertz CT molecular complexity index is 979. The maximum Gasteiger partial charge on any atom is 0.160 e. The van der Waals surface area contributed by atoms with Crippen molar-refractivity contribution in [2.24, 2.45) is 0 Å². The number of ketones is 1. The van der Waals surface area contributed by atoms with Crippen LogP contribution >= 0.6 is 23.5 Å². The van der Waals surface area contributed by atoms with Crippen molar-refractivity contribution in [2.45, 2.75) is 33.4 Å². The molecular formula is C21H16O2S2. The minimum atomic E-state index is 0.0526. The van der Waals surface area contributed by atoms with Gasteiger partial charge in [0, 0.05) is 15.4 Å². The second-order valence-corrected chi connectivity index (χ2v) is 8.04. The predicted molar refractivity (Wildman–Crippen MR) is 102 cm³/mol. The molecule has 0 aromatic heterocycles. The normalized spacial score (nSPS) is 12.6. The van der Waals surface area contributed by atoms with Gasteiger partial charge in [-0.25, -0.2) is 0 Å². The van der Waals surface area contributed by atoms with Crippen LogP contribution in [0, 0.1) is 6.92 Å². The number of hydrogen-bond donors (Lipinski definition) is 0. The molecule has 1 aliphatic heterocycles. The first kappa shape index (κ1) is 16.3. The van der Waals surface area contributed by atoms with Gasteiger partial charge in [0.25, 0.3) is 0 Å². The Morgan fingerprint density at radius 3 is 2.08 bits per heavy atom. The number of hydrogen-bond acceptors (Lipinski definition) is 4. The summed E-state index contributed by atoms with van der Waals surface area (Å²) in [6.45, 7) is 3.56. The summed E-state index contributed by atoms with van der Waals surface area (Å²) in [6.07, 6.45) is 0. The van der Waals surface area contributed by atoms with Crippen LogP contribution in [0.4, 0.5) is 0 Å². The van der Waals surface area contributed by atoms with Crippen LogP contribution in [-0.4, -0.2) is 5.78 Å². The summed E-state index contributed by atoms with van der Waals surface area (Å²) in [5.41, 5.74) is 1.68. The van der Waals surface area contributed by atoms with Gasteiger partial charge in [0.2, 0.25) is 0 Å². The minimum absolute atomic E-state index is 0.0526. The molecule has 0 aliphatic carbocycles. The lowest BCUT2D eigenvalue weighted by atomic mass is 10.1. The number of fused-ring (bicyclic) bond motifs is 3. The zero-order valence-electron chi connectivity index (χ0n) is 13.9. The van der Waals surface area contributed by atoms with Crippen molar-refractivity contribution in [3.05, 3.63) is 71.8 Å². The number of benzene rings is 3. The van der Waals surface area contributed by atoms with Crippen molar-refractivity contribution in [1.29, 1.82) is 0 Å². The van der Waals surface area contributed by atoms with E-state index in [4.69, 9.17) is 4.74 Å². The van der Waals surface area contributed by atoms with Gasteiger partial charge >= 0.3 is 0 Å². The topological polar surface area (TPSA) is 26.3 Å². The molecule has 124 valence electrons. The van der Waals surface area contributed by atoms with Gasteiger partial charge < -0.3 is 4.74 Å². The van der Waals surface area contributed by atoms with E-state index >= 15 is 0 Å².